The highest BCUT2D eigenvalue weighted by Crippen LogP contribution is 2.20. The highest BCUT2D eigenvalue weighted by Gasteiger charge is 2.20. The molecule has 2 heterocycles. The van der Waals surface area contributed by atoms with E-state index in [1.54, 1.807) is 0 Å². The van der Waals surface area contributed by atoms with E-state index in [1.807, 2.05) is 13.0 Å². The molecule has 22 heavy (non-hydrogen) atoms. The van der Waals surface area contributed by atoms with Gasteiger partial charge in [0, 0.05) is 19.6 Å². The van der Waals surface area contributed by atoms with Crippen molar-refractivity contribution in [2.24, 2.45) is 0 Å². The van der Waals surface area contributed by atoms with Crippen LogP contribution in [0.2, 0.25) is 0 Å². The van der Waals surface area contributed by atoms with Crippen molar-refractivity contribution in [3.8, 4) is 6.07 Å². The SMILES string of the molecule is CCn1cnc(N2CCc3ccccc3CC2)c(C#N)c1=O. The van der Waals surface area contributed by atoms with Crippen LogP contribution in [0.1, 0.15) is 23.6 Å². The first kappa shape index (κ1) is 14.3. The van der Waals surface area contributed by atoms with Gasteiger partial charge in [-0.05, 0) is 30.9 Å². The molecule has 0 aliphatic carbocycles. The summed E-state index contributed by atoms with van der Waals surface area (Å²) >= 11 is 0. The summed E-state index contributed by atoms with van der Waals surface area (Å²) in [6.07, 6.45) is 3.34. The monoisotopic (exact) mass is 294 g/mol. The van der Waals surface area contributed by atoms with Crippen LogP contribution < -0.4 is 10.5 Å². The summed E-state index contributed by atoms with van der Waals surface area (Å²) in [6.45, 7) is 3.93. The first-order valence-electron chi connectivity index (χ1n) is 7.56. The van der Waals surface area contributed by atoms with E-state index in [1.165, 1.54) is 22.0 Å². The number of nitriles is 1. The van der Waals surface area contributed by atoms with Gasteiger partial charge in [-0.2, -0.15) is 5.26 Å². The van der Waals surface area contributed by atoms with Crippen LogP contribution in [-0.4, -0.2) is 22.6 Å². The maximum atomic E-state index is 12.3. The Kier molecular flexibility index (Phi) is 3.92. The summed E-state index contributed by atoms with van der Waals surface area (Å²) in [6, 6.07) is 10.4. The lowest BCUT2D eigenvalue weighted by atomic mass is 10.0. The second-order valence-electron chi connectivity index (χ2n) is 5.40. The molecule has 0 N–H and O–H groups in total. The average Bonchev–Trinajstić information content (AvgIpc) is 2.77. The minimum absolute atomic E-state index is 0.148. The third-order valence-electron chi connectivity index (χ3n) is 4.19. The zero-order chi connectivity index (χ0) is 15.5. The van der Waals surface area contributed by atoms with Gasteiger partial charge in [-0.25, -0.2) is 4.98 Å². The van der Waals surface area contributed by atoms with Crippen LogP contribution >= 0.6 is 0 Å². The molecule has 112 valence electrons. The van der Waals surface area contributed by atoms with Gasteiger partial charge in [0.1, 0.15) is 6.07 Å². The quantitative estimate of drug-likeness (QED) is 0.846. The maximum Gasteiger partial charge on any atom is 0.273 e. The lowest BCUT2D eigenvalue weighted by Gasteiger charge is -2.22. The van der Waals surface area contributed by atoms with Crippen molar-refractivity contribution in [2.45, 2.75) is 26.3 Å². The van der Waals surface area contributed by atoms with Crippen LogP contribution in [0, 0.1) is 11.3 Å². The van der Waals surface area contributed by atoms with Gasteiger partial charge in [0.25, 0.3) is 5.56 Å². The zero-order valence-corrected chi connectivity index (χ0v) is 12.6. The van der Waals surface area contributed by atoms with E-state index in [0.29, 0.717) is 12.4 Å². The lowest BCUT2D eigenvalue weighted by Crippen LogP contribution is -2.32. The Balaban J connectivity index is 1.95. The van der Waals surface area contributed by atoms with Crippen LogP contribution in [0.15, 0.2) is 35.4 Å². The topological polar surface area (TPSA) is 61.9 Å². The Morgan fingerprint density at radius 2 is 1.86 bits per heavy atom. The third-order valence-corrected chi connectivity index (χ3v) is 4.19. The minimum atomic E-state index is -0.253. The molecule has 3 rings (SSSR count). The Morgan fingerprint density at radius 1 is 1.23 bits per heavy atom. The molecule has 1 aromatic heterocycles. The molecular formula is C17H18N4O. The number of rotatable bonds is 2. The summed E-state index contributed by atoms with van der Waals surface area (Å²) in [5.74, 6) is 0.519. The van der Waals surface area contributed by atoms with E-state index in [4.69, 9.17) is 0 Å². The molecular weight excluding hydrogens is 276 g/mol. The molecule has 0 saturated heterocycles. The van der Waals surface area contributed by atoms with Gasteiger partial charge in [-0.3, -0.25) is 9.36 Å². The molecule has 5 nitrogen and oxygen atoms in total. The second kappa shape index (κ2) is 6.02. The second-order valence-corrected chi connectivity index (χ2v) is 5.40. The van der Waals surface area contributed by atoms with E-state index in [9.17, 15) is 10.1 Å². The van der Waals surface area contributed by atoms with E-state index >= 15 is 0 Å². The predicted molar refractivity (Wildman–Crippen MR) is 84.9 cm³/mol. The van der Waals surface area contributed by atoms with Crippen molar-refractivity contribution in [1.29, 1.82) is 5.26 Å². The first-order valence-corrected chi connectivity index (χ1v) is 7.56. The summed E-state index contributed by atoms with van der Waals surface area (Å²) in [5.41, 5.74) is 2.57. The number of nitrogens with zero attached hydrogens (tertiary/aromatic N) is 4. The van der Waals surface area contributed by atoms with E-state index in [-0.39, 0.29) is 11.1 Å². The summed E-state index contributed by atoms with van der Waals surface area (Å²) in [5, 5.41) is 9.36. The predicted octanol–water partition coefficient (Wildman–Crippen LogP) is 1.74. The highest BCUT2D eigenvalue weighted by molar-refractivity contribution is 5.53. The highest BCUT2D eigenvalue weighted by atomic mass is 16.1. The molecule has 0 amide bonds. The molecule has 2 aromatic rings. The lowest BCUT2D eigenvalue weighted by molar-refractivity contribution is 0.692. The van der Waals surface area contributed by atoms with Gasteiger partial charge in [0.05, 0.1) is 6.33 Å². The van der Waals surface area contributed by atoms with Crippen LogP contribution in [0.4, 0.5) is 5.82 Å². The number of aryl methyl sites for hydroxylation is 1. The third kappa shape index (κ3) is 2.48. The van der Waals surface area contributed by atoms with Crippen molar-refractivity contribution in [1.82, 2.24) is 9.55 Å². The van der Waals surface area contributed by atoms with Crippen LogP contribution in [0.5, 0.6) is 0 Å². The number of fused-ring (bicyclic) bond motifs is 1. The molecule has 0 spiro atoms. The molecule has 0 radical (unpaired) electrons. The molecule has 1 aromatic carbocycles. The average molecular weight is 294 g/mol. The number of anilines is 1. The molecule has 1 aliphatic rings. The van der Waals surface area contributed by atoms with Crippen molar-refractivity contribution in [2.75, 3.05) is 18.0 Å². The largest absolute Gasteiger partial charge is 0.355 e. The Bertz CT molecular complexity index is 761. The number of hydrogen-bond acceptors (Lipinski definition) is 4. The molecule has 1 aliphatic heterocycles. The van der Waals surface area contributed by atoms with Crippen molar-refractivity contribution in [3.63, 3.8) is 0 Å². The fourth-order valence-corrected chi connectivity index (χ4v) is 2.92. The number of benzene rings is 1. The maximum absolute atomic E-state index is 12.3. The van der Waals surface area contributed by atoms with Crippen LogP contribution in [0.25, 0.3) is 0 Å². The van der Waals surface area contributed by atoms with Crippen LogP contribution in [-0.2, 0) is 19.4 Å². The van der Waals surface area contributed by atoms with E-state index in [0.717, 1.165) is 25.9 Å². The Morgan fingerprint density at radius 3 is 2.41 bits per heavy atom. The van der Waals surface area contributed by atoms with Gasteiger partial charge >= 0.3 is 0 Å². The molecule has 0 bridgehead atoms. The minimum Gasteiger partial charge on any atom is -0.355 e. The first-order chi connectivity index (χ1) is 10.7. The van der Waals surface area contributed by atoms with Crippen molar-refractivity contribution < 1.29 is 0 Å². The van der Waals surface area contributed by atoms with Crippen molar-refractivity contribution in [3.05, 3.63) is 57.6 Å². The van der Waals surface area contributed by atoms with Gasteiger partial charge in [-0.1, -0.05) is 24.3 Å². The normalized spacial score (nSPS) is 14.1. The molecule has 0 fully saturated rings. The van der Waals surface area contributed by atoms with Gasteiger partial charge in [0.2, 0.25) is 0 Å². The van der Waals surface area contributed by atoms with Gasteiger partial charge in [0.15, 0.2) is 11.4 Å². The van der Waals surface area contributed by atoms with Gasteiger partial charge in [-0.15, -0.1) is 0 Å². The summed E-state index contributed by atoms with van der Waals surface area (Å²) < 4.78 is 1.47. The molecule has 5 heteroatoms. The Labute approximate surface area is 129 Å². The number of hydrogen-bond donors (Lipinski definition) is 0. The smallest absolute Gasteiger partial charge is 0.273 e. The van der Waals surface area contributed by atoms with Crippen LogP contribution in [0.3, 0.4) is 0 Å². The molecule has 0 unspecified atom stereocenters. The zero-order valence-electron chi connectivity index (χ0n) is 12.6. The standard InChI is InChI=1S/C17H18N4O/c1-2-20-12-19-16(15(11-18)17(20)22)21-9-7-13-5-3-4-6-14(13)8-10-21/h3-6,12H,2,7-10H2,1H3. The summed E-state index contributed by atoms with van der Waals surface area (Å²) in [4.78, 5) is 18.7. The van der Waals surface area contributed by atoms with Crippen molar-refractivity contribution >= 4 is 5.82 Å². The fourth-order valence-electron chi connectivity index (χ4n) is 2.92. The summed E-state index contributed by atoms with van der Waals surface area (Å²) in [7, 11) is 0. The van der Waals surface area contributed by atoms with E-state index < -0.39 is 0 Å². The van der Waals surface area contributed by atoms with Gasteiger partial charge < -0.3 is 4.90 Å². The fraction of sp³-hybridized carbons (Fsp3) is 0.353. The Hall–Kier alpha value is -2.61. The number of aromatic nitrogens is 2. The molecule has 0 atom stereocenters. The molecule has 0 saturated carbocycles. The van der Waals surface area contributed by atoms with E-state index in [2.05, 4.69) is 34.1 Å².